The Balaban J connectivity index is 2.00. The van der Waals surface area contributed by atoms with Gasteiger partial charge in [-0.05, 0) is 24.3 Å². The molecule has 114 valence electrons. The molecule has 0 fully saturated rings. The number of thiazole rings is 1. The maximum Gasteiger partial charge on any atom is 0.310 e. The van der Waals surface area contributed by atoms with Gasteiger partial charge in [0.25, 0.3) is 0 Å². The summed E-state index contributed by atoms with van der Waals surface area (Å²) in [7, 11) is 1.56. The molecule has 2 aromatic rings. The molecule has 1 aliphatic rings. The van der Waals surface area contributed by atoms with Gasteiger partial charge in [0.15, 0.2) is 0 Å². The SMILES string of the molecule is COCCn1c(O)c(/C=C2/C=Nc3ccc(Br)cc32)sc1=O. The number of hydrogen-bond acceptors (Lipinski definition) is 5. The van der Waals surface area contributed by atoms with Crippen LogP contribution in [0.5, 0.6) is 5.88 Å². The first-order valence-corrected chi connectivity index (χ1v) is 8.18. The summed E-state index contributed by atoms with van der Waals surface area (Å²) in [5, 5.41) is 10.2. The van der Waals surface area contributed by atoms with Gasteiger partial charge in [-0.2, -0.15) is 0 Å². The highest BCUT2D eigenvalue weighted by molar-refractivity contribution is 9.10. The Hall–Kier alpha value is -1.70. The molecule has 0 atom stereocenters. The fourth-order valence-corrected chi connectivity index (χ4v) is 3.43. The molecule has 0 amide bonds. The third-order valence-corrected chi connectivity index (χ3v) is 4.72. The van der Waals surface area contributed by atoms with E-state index in [-0.39, 0.29) is 10.8 Å². The predicted molar refractivity (Wildman–Crippen MR) is 92.3 cm³/mol. The molecule has 1 aromatic carbocycles. The van der Waals surface area contributed by atoms with Crippen LogP contribution in [-0.2, 0) is 11.3 Å². The van der Waals surface area contributed by atoms with E-state index in [0.29, 0.717) is 18.0 Å². The second kappa shape index (κ2) is 6.20. The maximum absolute atomic E-state index is 11.9. The number of nitrogens with zero attached hydrogens (tertiary/aromatic N) is 2. The summed E-state index contributed by atoms with van der Waals surface area (Å²) in [6, 6.07) is 5.81. The molecular weight excluding hydrogens is 368 g/mol. The summed E-state index contributed by atoms with van der Waals surface area (Å²) >= 11 is 4.45. The van der Waals surface area contributed by atoms with Crippen molar-refractivity contribution in [3.8, 4) is 5.88 Å². The number of hydrogen-bond donors (Lipinski definition) is 1. The fourth-order valence-electron chi connectivity index (χ4n) is 2.21. The molecule has 7 heteroatoms. The Kier molecular flexibility index (Phi) is 4.28. The van der Waals surface area contributed by atoms with Crippen LogP contribution < -0.4 is 4.87 Å². The Morgan fingerprint density at radius 2 is 2.32 bits per heavy atom. The number of aromatic nitrogens is 1. The summed E-state index contributed by atoms with van der Waals surface area (Å²) in [6.07, 6.45) is 3.52. The molecule has 3 rings (SSSR count). The predicted octanol–water partition coefficient (Wildman–Crippen LogP) is 3.28. The van der Waals surface area contributed by atoms with Gasteiger partial charge < -0.3 is 9.84 Å². The van der Waals surface area contributed by atoms with Crippen LogP contribution in [0.25, 0.3) is 11.6 Å². The van der Waals surface area contributed by atoms with Gasteiger partial charge in [-0.1, -0.05) is 27.3 Å². The van der Waals surface area contributed by atoms with Gasteiger partial charge in [0.05, 0.1) is 23.7 Å². The molecular formula is C15H13BrN2O3S. The molecule has 0 radical (unpaired) electrons. The van der Waals surface area contributed by atoms with Crippen molar-refractivity contribution in [2.75, 3.05) is 13.7 Å². The van der Waals surface area contributed by atoms with Crippen LogP contribution in [0.2, 0.25) is 0 Å². The van der Waals surface area contributed by atoms with Gasteiger partial charge in [-0.25, -0.2) is 0 Å². The number of halogens is 1. The van der Waals surface area contributed by atoms with Crippen molar-refractivity contribution in [1.82, 2.24) is 4.57 Å². The molecule has 0 spiro atoms. The summed E-state index contributed by atoms with van der Waals surface area (Å²) in [4.78, 5) is 16.6. The molecule has 1 aliphatic heterocycles. The Labute approximate surface area is 139 Å². The summed E-state index contributed by atoms with van der Waals surface area (Å²) in [6.45, 7) is 0.703. The van der Waals surface area contributed by atoms with Gasteiger partial charge in [0, 0.05) is 28.9 Å². The van der Waals surface area contributed by atoms with E-state index in [9.17, 15) is 9.90 Å². The van der Waals surface area contributed by atoms with E-state index in [1.54, 1.807) is 19.4 Å². The second-order valence-electron chi connectivity index (χ2n) is 4.72. The molecule has 0 saturated heterocycles. The summed E-state index contributed by atoms with van der Waals surface area (Å²) in [5.74, 6) is -0.0311. The lowest BCUT2D eigenvalue weighted by Gasteiger charge is -2.02. The number of rotatable bonds is 4. The van der Waals surface area contributed by atoms with Crippen molar-refractivity contribution in [2.24, 2.45) is 4.99 Å². The first kappa shape index (κ1) is 15.2. The minimum absolute atomic E-state index is 0.0311. The van der Waals surface area contributed by atoms with Crippen molar-refractivity contribution in [3.05, 3.63) is 42.8 Å². The lowest BCUT2D eigenvalue weighted by molar-refractivity contribution is 0.183. The standard InChI is InChI=1S/C15H13BrN2O3S/c1-21-5-4-18-14(19)13(22-15(18)20)6-9-8-17-12-3-2-10(16)7-11(9)12/h2-3,6-8,19H,4-5H2,1H3/b9-6-. The number of methoxy groups -OCH3 is 1. The van der Waals surface area contributed by atoms with E-state index in [2.05, 4.69) is 20.9 Å². The van der Waals surface area contributed by atoms with Crippen LogP contribution in [0.15, 0.2) is 32.5 Å². The zero-order valence-corrected chi connectivity index (χ0v) is 14.1. The number of allylic oxidation sites excluding steroid dienone is 1. The van der Waals surface area contributed by atoms with Crippen molar-refractivity contribution >= 4 is 50.8 Å². The van der Waals surface area contributed by atoms with Crippen molar-refractivity contribution in [1.29, 1.82) is 0 Å². The molecule has 1 aromatic heterocycles. The van der Waals surface area contributed by atoms with Gasteiger partial charge >= 0.3 is 4.87 Å². The quantitative estimate of drug-likeness (QED) is 0.884. The van der Waals surface area contributed by atoms with Crippen LogP contribution in [0.1, 0.15) is 10.4 Å². The smallest absolute Gasteiger partial charge is 0.310 e. The highest BCUT2D eigenvalue weighted by Gasteiger charge is 2.16. The third-order valence-electron chi connectivity index (χ3n) is 3.31. The number of aliphatic imine (C=N–C) groups is 1. The molecule has 0 saturated carbocycles. The minimum atomic E-state index is -0.203. The highest BCUT2D eigenvalue weighted by atomic mass is 79.9. The Morgan fingerprint density at radius 1 is 1.50 bits per heavy atom. The van der Waals surface area contributed by atoms with Crippen LogP contribution in [-0.4, -0.2) is 29.6 Å². The minimum Gasteiger partial charge on any atom is -0.493 e. The fraction of sp³-hybridized carbons (Fsp3) is 0.200. The molecule has 0 unspecified atom stereocenters. The van der Waals surface area contributed by atoms with Crippen LogP contribution >= 0.6 is 27.3 Å². The second-order valence-corrected chi connectivity index (χ2v) is 6.63. The zero-order valence-electron chi connectivity index (χ0n) is 11.7. The summed E-state index contributed by atoms with van der Waals surface area (Å²) < 4.78 is 7.22. The topological polar surface area (TPSA) is 63.8 Å². The lowest BCUT2D eigenvalue weighted by Crippen LogP contribution is -2.15. The highest BCUT2D eigenvalue weighted by Crippen LogP contribution is 2.36. The van der Waals surface area contributed by atoms with Crippen molar-refractivity contribution in [2.45, 2.75) is 6.54 Å². The van der Waals surface area contributed by atoms with Gasteiger partial charge in [-0.3, -0.25) is 14.4 Å². The number of benzene rings is 1. The van der Waals surface area contributed by atoms with Gasteiger partial charge in [-0.15, -0.1) is 0 Å². The Morgan fingerprint density at radius 3 is 3.09 bits per heavy atom. The molecule has 22 heavy (non-hydrogen) atoms. The first-order valence-electron chi connectivity index (χ1n) is 6.57. The third kappa shape index (κ3) is 2.79. The average Bonchev–Trinajstić information content (AvgIpc) is 3.00. The van der Waals surface area contributed by atoms with E-state index in [4.69, 9.17) is 4.74 Å². The lowest BCUT2D eigenvalue weighted by atomic mass is 10.1. The summed E-state index contributed by atoms with van der Waals surface area (Å²) in [5.41, 5.74) is 2.71. The van der Waals surface area contributed by atoms with Crippen molar-refractivity contribution in [3.63, 3.8) is 0 Å². The number of ether oxygens (including phenoxy) is 1. The monoisotopic (exact) mass is 380 g/mol. The molecule has 0 aliphatic carbocycles. The van der Waals surface area contributed by atoms with Gasteiger partial charge in [0.2, 0.25) is 5.88 Å². The van der Waals surface area contributed by atoms with Crippen LogP contribution in [0, 0.1) is 0 Å². The number of fused-ring (bicyclic) bond motifs is 1. The molecule has 0 bridgehead atoms. The largest absolute Gasteiger partial charge is 0.493 e. The van der Waals surface area contributed by atoms with Crippen molar-refractivity contribution < 1.29 is 9.84 Å². The molecule has 2 heterocycles. The molecule has 5 nitrogen and oxygen atoms in total. The van der Waals surface area contributed by atoms with E-state index in [1.807, 2.05) is 18.2 Å². The van der Waals surface area contributed by atoms with E-state index < -0.39 is 0 Å². The Bertz CT molecular complexity index is 836. The van der Waals surface area contributed by atoms with Gasteiger partial charge in [0.1, 0.15) is 0 Å². The van der Waals surface area contributed by atoms with E-state index >= 15 is 0 Å². The van der Waals surface area contributed by atoms with Crippen LogP contribution in [0.4, 0.5) is 5.69 Å². The number of aromatic hydroxyl groups is 1. The normalized spacial score (nSPS) is 14.7. The van der Waals surface area contributed by atoms with E-state index in [1.165, 1.54) is 4.57 Å². The first-order chi connectivity index (χ1) is 10.6. The molecule has 1 N–H and O–H groups in total. The van der Waals surface area contributed by atoms with E-state index in [0.717, 1.165) is 32.6 Å². The maximum atomic E-state index is 11.9. The van der Waals surface area contributed by atoms with Crippen LogP contribution in [0.3, 0.4) is 0 Å². The zero-order chi connectivity index (χ0) is 15.7. The average molecular weight is 381 g/mol.